The number of nitrogens with one attached hydrogen (secondary N) is 1. The molecule has 0 unspecified atom stereocenters. The number of rotatable bonds is 9. The Morgan fingerprint density at radius 1 is 1.11 bits per heavy atom. The third kappa shape index (κ3) is 5.61. The van der Waals surface area contributed by atoms with Gasteiger partial charge in [0, 0.05) is 12.0 Å². The number of halogens is 1. The Bertz CT molecular complexity index is 1400. The molecule has 1 aliphatic rings. The second-order valence-corrected chi connectivity index (χ2v) is 11.8. The fourth-order valence-electron chi connectivity index (χ4n) is 4.76. The Hall–Kier alpha value is -3.23. The third-order valence-corrected chi connectivity index (χ3v) is 9.22. The van der Waals surface area contributed by atoms with Gasteiger partial charge in [0.1, 0.15) is 23.6 Å². The van der Waals surface area contributed by atoms with Crippen LogP contribution in [0.15, 0.2) is 71.6 Å². The SMILES string of the molecule is CCC1(CC)C[C@H](NC(=O)CN(c2ccc(OC)c(Cl)c2)S(=O)(=O)c2ccc(C)cc2)c2ccccc2O1. The number of nitrogens with zero attached hydrogens (tertiary/aromatic N) is 1. The molecule has 1 N–H and O–H groups in total. The molecule has 7 nitrogen and oxygen atoms in total. The molecule has 1 amide bonds. The Morgan fingerprint density at radius 2 is 1.79 bits per heavy atom. The number of carbonyl (C=O) groups is 1. The maximum Gasteiger partial charge on any atom is 0.264 e. The Kier molecular flexibility index (Phi) is 8.23. The Labute approximate surface area is 229 Å². The lowest BCUT2D eigenvalue weighted by Gasteiger charge is -2.41. The Morgan fingerprint density at radius 3 is 2.42 bits per heavy atom. The van der Waals surface area contributed by atoms with Crippen LogP contribution in [0, 0.1) is 6.92 Å². The second kappa shape index (κ2) is 11.3. The number of carbonyl (C=O) groups excluding carboxylic acids is 1. The number of hydrogen-bond donors (Lipinski definition) is 1. The number of fused-ring (bicyclic) bond motifs is 1. The maximum atomic E-state index is 13.8. The molecule has 1 atom stereocenters. The summed E-state index contributed by atoms with van der Waals surface area (Å²) < 4.78 is 40.2. The van der Waals surface area contributed by atoms with Crippen molar-refractivity contribution >= 4 is 33.2 Å². The van der Waals surface area contributed by atoms with Crippen LogP contribution in [-0.4, -0.2) is 33.6 Å². The number of benzene rings is 3. The van der Waals surface area contributed by atoms with Crippen molar-refractivity contribution in [3.05, 3.63) is 82.9 Å². The molecule has 0 aromatic heterocycles. The van der Waals surface area contributed by atoms with Crippen molar-refractivity contribution < 1.29 is 22.7 Å². The highest BCUT2D eigenvalue weighted by Crippen LogP contribution is 2.42. The fourth-order valence-corrected chi connectivity index (χ4v) is 6.43. The van der Waals surface area contributed by atoms with Crippen LogP contribution in [0.4, 0.5) is 5.69 Å². The highest BCUT2D eigenvalue weighted by Gasteiger charge is 2.39. The first kappa shape index (κ1) is 27.8. The first-order valence-corrected chi connectivity index (χ1v) is 14.4. The molecule has 0 fully saturated rings. The van der Waals surface area contributed by atoms with E-state index >= 15 is 0 Å². The van der Waals surface area contributed by atoms with Crippen molar-refractivity contribution in [2.24, 2.45) is 0 Å². The minimum atomic E-state index is -4.09. The van der Waals surface area contributed by atoms with Crippen molar-refractivity contribution in [2.75, 3.05) is 18.0 Å². The number of methoxy groups -OCH3 is 1. The minimum Gasteiger partial charge on any atom is -0.495 e. The maximum absolute atomic E-state index is 13.8. The number of hydrogen-bond acceptors (Lipinski definition) is 5. The normalized spacial score (nSPS) is 16.2. The summed E-state index contributed by atoms with van der Waals surface area (Å²) in [6, 6.07) is 18.5. The molecule has 3 aromatic rings. The van der Waals surface area contributed by atoms with E-state index in [-0.39, 0.29) is 21.6 Å². The van der Waals surface area contributed by atoms with Gasteiger partial charge in [-0.3, -0.25) is 9.10 Å². The van der Waals surface area contributed by atoms with Crippen molar-refractivity contribution in [1.82, 2.24) is 5.32 Å². The second-order valence-electron chi connectivity index (χ2n) is 9.50. The summed E-state index contributed by atoms with van der Waals surface area (Å²) in [6.07, 6.45) is 2.15. The highest BCUT2D eigenvalue weighted by atomic mass is 35.5. The van der Waals surface area contributed by atoms with Crippen LogP contribution in [-0.2, 0) is 14.8 Å². The average Bonchev–Trinajstić information content (AvgIpc) is 2.91. The molecule has 202 valence electrons. The summed E-state index contributed by atoms with van der Waals surface area (Å²) in [5, 5.41) is 3.33. The summed E-state index contributed by atoms with van der Waals surface area (Å²) in [5.41, 5.74) is 1.65. The predicted octanol–water partition coefficient (Wildman–Crippen LogP) is 6.05. The molecule has 0 radical (unpaired) electrons. The van der Waals surface area contributed by atoms with E-state index in [9.17, 15) is 13.2 Å². The van der Waals surface area contributed by atoms with Gasteiger partial charge in [-0.05, 0) is 56.2 Å². The van der Waals surface area contributed by atoms with Crippen LogP contribution in [0.25, 0.3) is 0 Å². The smallest absolute Gasteiger partial charge is 0.264 e. The molecule has 3 aromatic carbocycles. The van der Waals surface area contributed by atoms with E-state index in [1.807, 2.05) is 31.2 Å². The lowest BCUT2D eigenvalue weighted by atomic mass is 9.83. The number of ether oxygens (including phenoxy) is 2. The van der Waals surface area contributed by atoms with E-state index in [0.29, 0.717) is 12.2 Å². The van der Waals surface area contributed by atoms with Crippen LogP contribution >= 0.6 is 11.6 Å². The molecule has 1 heterocycles. The van der Waals surface area contributed by atoms with E-state index in [1.54, 1.807) is 24.3 Å². The third-order valence-electron chi connectivity index (χ3n) is 7.14. The quantitative estimate of drug-likeness (QED) is 0.347. The van der Waals surface area contributed by atoms with E-state index in [4.69, 9.17) is 21.1 Å². The van der Waals surface area contributed by atoms with E-state index in [1.165, 1.54) is 25.3 Å². The summed E-state index contributed by atoms with van der Waals surface area (Å²) >= 11 is 6.34. The monoisotopic (exact) mass is 556 g/mol. The van der Waals surface area contributed by atoms with Gasteiger partial charge in [0.25, 0.3) is 10.0 Å². The zero-order valence-electron chi connectivity index (χ0n) is 22.0. The molecular weight excluding hydrogens is 524 g/mol. The van der Waals surface area contributed by atoms with Gasteiger partial charge in [0.2, 0.25) is 5.91 Å². The topological polar surface area (TPSA) is 84.9 Å². The van der Waals surface area contributed by atoms with E-state index < -0.39 is 28.1 Å². The number of aryl methyl sites for hydroxylation is 1. The summed E-state index contributed by atoms with van der Waals surface area (Å²) in [4.78, 5) is 13.6. The van der Waals surface area contributed by atoms with Crippen molar-refractivity contribution in [2.45, 2.75) is 56.6 Å². The molecule has 0 bridgehead atoms. The van der Waals surface area contributed by atoms with Gasteiger partial charge in [-0.25, -0.2) is 8.42 Å². The van der Waals surface area contributed by atoms with Crippen LogP contribution in [0.3, 0.4) is 0 Å². The molecule has 38 heavy (non-hydrogen) atoms. The molecule has 0 aliphatic carbocycles. The van der Waals surface area contributed by atoms with Gasteiger partial charge < -0.3 is 14.8 Å². The van der Waals surface area contributed by atoms with Crippen molar-refractivity contribution in [1.29, 1.82) is 0 Å². The largest absolute Gasteiger partial charge is 0.495 e. The molecule has 0 spiro atoms. The molecule has 9 heteroatoms. The van der Waals surface area contributed by atoms with Gasteiger partial charge in [-0.15, -0.1) is 0 Å². The lowest BCUT2D eigenvalue weighted by Crippen LogP contribution is -2.47. The summed E-state index contributed by atoms with van der Waals surface area (Å²) in [7, 11) is -2.61. The van der Waals surface area contributed by atoms with Gasteiger partial charge >= 0.3 is 0 Å². The number of anilines is 1. The average molecular weight is 557 g/mol. The number of sulfonamides is 1. The van der Waals surface area contributed by atoms with Gasteiger partial charge in [0.15, 0.2) is 0 Å². The first-order chi connectivity index (χ1) is 18.1. The van der Waals surface area contributed by atoms with Crippen LogP contribution < -0.4 is 19.1 Å². The highest BCUT2D eigenvalue weighted by molar-refractivity contribution is 7.92. The molecule has 0 saturated carbocycles. The van der Waals surface area contributed by atoms with Gasteiger partial charge in [-0.1, -0.05) is 61.3 Å². The zero-order valence-corrected chi connectivity index (χ0v) is 23.6. The molecule has 0 saturated heterocycles. The Balaban J connectivity index is 1.68. The minimum absolute atomic E-state index is 0.0789. The lowest BCUT2D eigenvalue weighted by molar-refractivity contribution is -0.121. The first-order valence-electron chi connectivity index (χ1n) is 12.6. The van der Waals surface area contributed by atoms with Crippen LogP contribution in [0.5, 0.6) is 11.5 Å². The molecule has 1 aliphatic heterocycles. The molecular formula is C29H33ClN2O5S. The predicted molar refractivity (Wildman–Crippen MR) is 150 cm³/mol. The van der Waals surface area contributed by atoms with E-state index in [0.717, 1.165) is 34.0 Å². The fraction of sp³-hybridized carbons (Fsp3) is 0.345. The summed E-state index contributed by atoms with van der Waals surface area (Å²) in [6.45, 7) is 5.59. The molecule has 4 rings (SSSR count). The number of para-hydroxylation sites is 1. The van der Waals surface area contributed by atoms with Crippen LogP contribution in [0.2, 0.25) is 5.02 Å². The van der Waals surface area contributed by atoms with Crippen molar-refractivity contribution in [3.8, 4) is 11.5 Å². The zero-order chi connectivity index (χ0) is 27.5. The standard InChI is InChI=1S/C29H33ClN2O5S/c1-5-29(6-2)18-25(23-9-7-8-10-26(23)37-29)31-28(33)19-32(21-13-16-27(36-4)24(30)17-21)38(34,35)22-14-11-20(3)12-15-22/h7-17,25H,5-6,18-19H2,1-4H3,(H,31,33)/t25-/m0/s1. The van der Waals surface area contributed by atoms with E-state index in [2.05, 4.69) is 19.2 Å². The number of amides is 1. The summed E-state index contributed by atoms with van der Waals surface area (Å²) in [5.74, 6) is 0.705. The van der Waals surface area contributed by atoms with Crippen LogP contribution in [0.1, 0.15) is 50.3 Å². The van der Waals surface area contributed by atoms with Gasteiger partial charge in [0.05, 0.1) is 28.8 Å². The van der Waals surface area contributed by atoms with Gasteiger partial charge in [-0.2, -0.15) is 0 Å². The van der Waals surface area contributed by atoms with Crippen molar-refractivity contribution in [3.63, 3.8) is 0 Å².